The van der Waals surface area contributed by atoms with Gasteiger partial charge in [0.15, 0.2) is 8.68 Å². The van der Waals surface area contributed by atoms with Crippen LogP contribution in [0.4, 0.5) is 11.9 Å². The molecule has 2 aromatic heterocycles. The third-order valence-electron chi connectivity index (χ3n) is 2.75. The summed E-state index contributed by atoms with van der Waals surface area (Å²) in [6.45, 7) is 1.95. The number of nitrogens with zero attached hydrogens (tertiary/aromatic N) is 6. The number of nitrogen functional groups attached to an aromatic ring is 1. The van der Waals surface area contributed by atoms with Crippen LogP contribution in [0.5, 0.6) is 0 Å². The van der Waals surface area contributed by atoms with E-state index >= 15 is 0 Å². The first-order valence-electron chi connectivity index (χ1n) is 6.06. The minimum Gasteiger partial charge on any atom is -0.368 e. The van der Waals surface area contributed by atoms with Crippen molar-refractivity contribution in [3.63, 3.8) is 0 Å². The molecule has 0 aromatic carbocycles. The van der Waals surface area contributed by atoms with Gasteiger partial charge in [0.25, 0.3) is 0 Å². The average molecular weight is 327 g/mol. The fourth-order valence-corrected chi connectivity index (χ4v) is 4.16. The van der Waals surface area contributed by atoms with Gasteiger partial charge in [0.05, 0.1) is 0 Å². The summed E-state index contributed by atoms with van der Waals surface area (Å²) in [7, 11) is 0. The molecule has 1 aliphatic rings. The number of thioether (sulfide) groups is 1. The van der Waals surface area contributed by atoms with E-state index < -0.39 is 0 Å². The second kappa shape index (κ2) is 6.10. The second-order valence-electron chi connectivity index (χ2n) is 4.11. The molecular weight excluding hydrogens is 314 g/mol. The summed E-state index contributed by atoms with van der Waals surface area (Å²) in [4.78, 5) is 15.0. The van der Waals surface area contributed by atoms with Crippen LogP contribution in [0.3, 0.4) is 0 Å². The molecule has 7 nitrogen and oxygen atoms in total. The van der Waals surface area contributed by atoms with Gasteiger partial charge in [0.2, 0.25) is 17.1 Å². The predicted octanol–water partition coefficient (Wildman–Crippen LogP) is 1.78. The highest BCUT2D eigenvalue weighted by molar-refractivity contribution is 8.02. The molecule has 0 spiro atoms. The first kappa shape index (κ1) is 13.8. The van der Waals surface area contributed by atoms with Crippen LogP contribution < -0.4 is 10.6 Å². The van der Waals surface area contributed by atoms with Crippen molar-refractivity contribution in [2.45, 2.75) is 26.7 Å². The summed E-state index contributed by atoms with van der Waals surface area (Å²) in [6.07, 6.45) is 4.31. The molecule has 3 heterocycles. The Morgan fingerprint density at radius 3 is 2.55 bits per heavy atom. The summed E-state index contributed by atoms with van der Waals surface area (Å²) < 4.78 is 1.74. The molecule has 0 atom stereocenters. The SMILES string of the molecule is CSc1nnc(Sc2nc(N)nc(N3CCCC3)n2)s1. The van der Waals surface area contributed by atoms with Crippen LogP contribution >= 0.6 is 34.9 Å². The summed E-state index contributed by atoms with van der Waals surface area (Å²) in [6, 6.07) is 0. The Morgan fingerprint density at radius 2 is 1.85 bits per heavy atom. The number of nitrogens with two attached hydrogens (primary N) is 1. The number of rotatable bonds is 4. The molecule has 0 bridgehead atoms. The molecule has 0 unspecified atom stereocenters. The van der Waals surface area contributed by atoms with Crippen LogP contribution in [0.15, 0.2) is 13.8 Å². The molecule has 20 heavy (non-hydrogen) atoms. The van der Waals surface area contributed by atoms with E-state index in [9.17, 15) is 0 Å². The van der Waals surface area contributed by atoms with E-state index in [1.807, 2.05) is 6.26 Å². The van der Waals surface area contributed by atoms with Crippen molar-refractivity contribution in [3.05, 3.63) is 0 Å². The third kappa shape index (κ3) is 3.13. The van der Waals surface area contributed by atoms with Crippen LogP contribution in [-0.4, -0.2) is 44.5 Å². The fourth-order valence-electron chi connectivity index (χ4n) is 1.86. The van der Waals surface area contributed by atoms with Crippen molar-refractivity contribution in [1.82, 2.24) is 25.1 Å². The van der Waals surface area contributed by atoms with Gasteiger partial charge in [-0.2, -0.15) is 15.0 Å². The van der Waals surface area contributed by atoms with Gasteiger partial charge in [-0.3, -0.25) is 0 Å². The minimum atomic E-state index is 0.249. The molecule has 0 aliphatic carbocycles. The Balaban J connectivity index is 1.81. The first-order chi connectivity index (χ1) is 9.74. The molecular formula is C10H13N7S3. The zero-order chi connectivity index (χ0) is 13.9. The van der Waals surface area contributed by atoms with Crippen molar-refractivity contribution in [1.29, 1.82) is 0 Å². The normalized spacial score (nSPS) is 14.9. The molecule has 1 fully saturated rings. The highest BCUT2D eigenvalue weighted by atomic mass is 32.2. The van der Waals surface area contributed by atoms with Gasteiger partial charge >= 0.3 is 0 Å². The van der Waals surface area contributed by atoms with Crippen LogP contribution in [0.2, 0.25) is 0 Å². The van der Waals surface area contributed by atoms with Crippen LogP contribution in [-0.2, 0) is 0 Å². The Bertz CT molecular complexity index is 596. The third-order valence-corrected chi connectivity index (χ3v) is 5.57. The predicted molar refractivity (Wildman–Crippen MR) is 81.5 cm³/mol. The summed E-state index contributed by atoms with van der Waals surface area (Å²) in [5.41, 5.74) is 5.77. The van der Waals surface area contributed by atoms with E-state index in [-0.39, 0.29) is 5.95 Å². The van der Waals surface area contributed by atoms with E-state index in [2.05, 4.69) is 30.0 Å². The lowest BCUT2D eigenvalue weighted by Gasteiger charge is -2.15. The lowest BCUT2D eigenvalue weighted by Crippen LogP contribution is -2.21. The lowest BCUT2D eigenvalue weighted by molar-refractivity contribution is 0.832. The first-order valence-corrected chi connectivity index (χ1v) is 8.92. The smallest absolute Gasteiger partial charge is 0.231 e. The molecule has 0 saturated carbocycles. The van der Waals surface area contributed by atoms with Gasteiger partial charge < -0.3 is 10.6 Å². The van der Waals surface area contributed by atoms with Gasteiger partial charge in [0, 0.05) is 13.1 Å². The minimum absolute atomic E-state index is 0.249. The lowest BCUT2D eigenvalue weighted by atomic mass is 10.4. The van der Waals surface area contributed by atoms with E-state index in [4.69, 9.17) is 5.73 Å². The largest absolute Gasteiger partial charge is 0.368 e. The van der Waals surface area contributed by atoms with Crippen molar-refractivity contribution in [2.75, 3.05) is 30.0 Å². The van der Waals surface area contributed by atoms with Crippen LogP contribution in [0, 0.1) is 0 Å². The monoisotopic (exact) mass is 327 g/mol. The van der Waals surface area contributed by atoms with Crippen molar-refractivity contribution >= 4 is 46.8 Å². The molecule has 0 amide bonds. The van der Waals surface area contributed by atoms with E-state index in [1.54, 1.807) is 11.8 Å². The standard InChI is InChI=1S/C10H13N7S3/c1-18-9-15-16-10(20-9)19-8-13-6(11)12-7(14-8)17-4-2-3-5-17/h2-5H2,1H3,(H2,11,12,13,14). The van der Waals surface area contributed by atoms with Crippen molar-refractivity contribution < 1.29 is 0 Å². The molecule has 10 heteroatoms. The highest BCUT2D eigenvalue weighted by Crippen LogP contribution is 2.31. The molecule has 3 rings (SSSR count). The molecule has 2 N–H and O–H groups in total. The maximum atomic E-state index is 5.77. The van der Waals surface area contributed by atoms with Gasteiger partial charge in [-0.25, -0.2) is 0 Å². The van der Waals surface area contributed by atoms with Crippen LogP contribution in [0.25, 0.3) is 0 Å². The molecule has 2 aromatic rings. The van der Waals surface area contributed by atoms with E-state index in [0.717, 1.165) is 21.8 Å². The maximum absolute atomic E-state index is 5.77. The quantitative estimate of drug-likeness (QED) is 0.843. The van der Waals surface area contributed by atoms with Crippen molar-refractivity contribution in [2.24, 2.45) is 0 Å². The Hall–Kier alpha value is -1.13. The Kier molecular flexibility index (Phi) is 4.22. The van der Waals surface area contributed by atoms with Gasteiger partial charge in [-0.05, 0) is 30.9 Å². The van der Waals surface area contributed by atoms with Gasteiger partial charge in [-0.15, -0.1) is 10.2 Å². The summed E-state index contributed by atoms with van der Waals surface area (Å²) >= 11 is 4.47. The zero-order valence-corrected chi connectivity index (χ0v) is 13.3. The summed E-state index contributed by atoms with van der Waals surface area (Å²) in [5.74, 6) is 0.908. The Labute approximate surface area is 128 Å². The van der Waals surface area contributed by atoms with Crippen LogP contribution in [0.1, 0.15) is 12.8 Å². The zero-order valence-electron chi connectivity index (χ0n) is 10.8. The average Bonchev–Trinajstić information content (AvgIpc) is 3.09. The molecule has 0 radical (unpaired) electrons. The highest BCUT2D eigenvalue weighted by Gasteiger charge is 2.17. The van der Waals surface area contributed by atoms with E-state index in [1.165, 1.54) is 35.9 Å². The fraction of sp³-hybridized carbons (Fsp3) is 0.500. The molecule has 106 valence electrons. The van der Waals surface area contributed by atoms with Gasteiger partial charge in [0.1, 0.15) is 0 Å². The second-order valence-corrected chi connectivity index (χ2v) is 7.36. The maximum Gasteiger partial charge on any atom is 0.231 e. The summed E-state index contributed by atoms with van der Waals surface area (Å²) in [5, 5.41) is 8.72. The molecule has 1 aliphatic heterocycles. The topological polar surface area (TPSA) is 93.7 Å². The van der Waals surface area contributed by atoms with E-state index in [0.29, 0.717) is 11.1 Å². The number of anilines is 2. The number of aromatic nitrogens is 5. The van der Waals surface area contributed by atoms with Gasteiger partial charge in [-0.1, -0.05) is 23.1 Å². The Morgan fingerprint density at radius 1 is 1.10 bits per heavy atom. The molecule has 1 saturated heterocycles. The van der Waals surface area contributed by atoms with Crippen molar-refractivity contribution in [3.8, 4) is 0 Å². The number of hydrogen-bond donors (Lipinski definition) is 1. The number of hydrogen-bond acceptors (Lipinski definition) is 10.